The molecule has 0 saturated heterocycles. The van der Waals surface area contributed by atoms with Gasteiger partial charge >= 0.3 is 0 Å². The molecule has 1 aliphatic rings. The molecular weight excluding hydrogens is 334 g/mol. The molecule has 0 bridgehead atoms. The smallest absolute Gasteiger partial charge is 0.135 e. The fourth-order valence-electron chi connectivity index (χ4n) is 2.19. The topological polar surface area (TPSA) is 29.0 Å². The van der Waals surface area contributed by atoms with Gasteiger partial charge in [-0.25, -0.2) is 9.97 Å². The second-order valence-corrected chi connectivity index (χ2v) is 7.33. The van der Waals surface area contributed by atoms with Crippen molar-refractivity contribution in [1.29, 1.82) is 0 Å². The Bertz CT molecular complexity index is 579. The zero-order chi connectivity index (χ0) is 14.1. The van der Waals surface area contributed by atoms with E-state index in [-0.39, 0.29) is 0 Å². The molecule has 2 aromatic rings. The van der Waals surface area contributed by atoms with Crippen LogP contribution in [0, 0.1) is 0 Å². The summed E-state index contributed by atoms with van der Waals surface area (Å²) in [4.78, 5) is 13.0. The van der Waals surface area contributed by atoms with Crippen LogP contribution in [0.5, 0.6) is 0 Å². The van der Waals surface area contributed by atoms with Gasteiger partial charge in [-0.2, -0.15) is 0 Å². The van der Waals surface area contributed by atoms with Gasteiger partial charge in [-0.15, -0.1) is 11.3 Å². The van der Waals surface area contributed by atoms with Crippen molar-refractivity contribution in [2.75, 3.05) is 4.90 Å². The summed E-state index contributed by atoms with van der Waals surface area (Å²) in [5, 5.41) is 2.12. The number of hydrogen-bond donors (Lipinski definition) is 0. The summed E-state index contributed by atoms with van der Waals surface area (Å²) in [5.41, 5.74) is 0. The Balaban J connectivity index is 1.90. The highest BCUT2D eigenvalue weighted by Gasteiger charge is 2.28. The van der Waals surface area contributed by atoms with Crippen molar-refractivity contribution in [2.45, 2.75) is 45.2 Å². The van der Waals surface area contributed by atoms with E-state index in [1.807, 2.05) is 6.07 Å². The lowest BCUT2D eigenvalue weighted by Crippen LogP contribution is -2.31. The van der Waals surface area contributed by atoms with Crippen molar-refractivity contribution in [3.05, 3.63) is 38.9 Å². The molecule has 1 aliphatic carbocycles. The van der Waals surface area contributed by atoms with Gasteiger partial charge in [-0.3, -0.25) is 0 Å². The first-order chi connectivity index (χ1) is 9.63. The van der Waals surface area contributed by atoms with E-state index in [0.29, 0.717) is 12.0 Å². The van der Waals surface area contributed by atoms with Crippen LogP contribution in [0.1, 0.15) is 43.3 Å². The van der Waals surface area contributed by atoms with Crippen LogP contribution in [0.4, 0.5) is 5.82 Å². The summed E-state index contributed by atoms with van der Waals surface area (Å²) >= 11 is 5.32. The largest absolute Gasteiger partial charge is 0.349 e. The Morgan fingerprint density at radius 3 is 2.80 bits per heavy atom. The molecule has 0 amide bonds. The molecule has 0 N–H and O–H groups in total. The highest BCUT2D eigenvalue weighted by atomic mass is 79.9. The molecule has 1 fully saturated rings. The summed E-state index contributed by atoms with van der Waals surface area (Å²) < 4.78 is 0.890. The van der Waals surface area contributed by atoms with Gasteiger partial charge in [0.05, 0.1) is 6.54 Å². The lowest BCUT2D eigenvalue weighted by Gasteiger charge is -2.27. The molecular formula is C15H18BrN3S. The molecule has 5 heteroatoms. The van der Waals surface area contributed by atoms with Crippen molar-refractivity contribution >= 4 is 33.1 Å². The molecule has 2 aromatic heterocycles. The molecule has 1 saturated carbocycles. The van der Waals surface area contributed by atoms with Crippen molar-refractivity contribution in [1.82, 2.24) is 9.97 Å². The Labute approximate surface area is 132 Å². The molecule has 0 aromatic carbocycles. The summed E-state index contributed by atoms with van der Waals surface area (Å²) in [5.74, 6) is 2.59. The normalized spacial score (nSPS) is 14.8. The molecule has 2 heterocycles. The van der Waals surface area contributed by atoms with Gasteiger partial charge in [0.25, 0.3) is 0 Å². The van der Waals surface area contributed by atoms with Crippen LogP contribution in [-0.2, 0) is 6.54 Å². The van der Waals surface area contributed by atoms with Gasteiger partial charge in [0.1, 0.15) is 16.2 Å². The molecule has 20 heavy (non-hydrogen) atoms. The van der Waals surface area contributed by atoms with Gasteiger partial charge in [0, 0.05) is 22.9 Å². The average Bonchev–Trinajstić information content (AvgIpc) is 3.13. The first kappa shape index (κ1) is 14.0. The van der Waals surface area contributed by atoms with E-state index in [4.69, 9.17) is 4.98 Å². The van der Waals surface area contributed by atoms with Gasteiger partial charge in [-0.05, 0) is 54.1 Å². The highest BCUT2D eigenvalue weighted by Crippen LogP contribution is 2.39. The van der Waals surface area contributed by atoms with Crippen LogP contribution in [0.25, 0.3) is 0 Å². The van der Waals surface area contributed by atoms with E-state index in [9.17, 15) is 0 Å². The van der Waals surface area contributed by atoms with E-state index in [1.54, 1.807) is 11.3 Å². The second-order valence-electron chi connectivity index (χ2n) is 5.48. The molecule has 0 unspecified atom stereocenters. The molecule has 106 valence electrons. The monoisotopic (exact) mass is 351 g/mol. The zero-order valence-corrected chi connectivity index (χ0v) is 14.1. The Morgan fingerprint density at radius 1 is 1.40 bits per heavy atom. The number of anilines is 1. The molecule has 0 aliphatic heterocycles. The maximum Gasteiger partial charge on any atom is 0.135 e. The van der Waals surface area contributed by atoms with Crippen molar-refractivity contribution in [2.24, 2.45) is 0 Å². The quantitative estimate of drug-likeness (QED) is 0.737. The molecule has 3 nitrogen and oxygen atoms in total. The zero-order valence-electron chi connectivity index (χ0n) is 11.7. The minimum absolute atomic E-state index is 0.408. The van der Waals surface area contributed by atoms with Crippen LogP contribution in [0.2, 0.25) is 0 Å². The Hall–Kier alpha value is -0.940. The van der Waals surface area contributed by atoms with Crippen LogP contribution in [-0.4, -0.2) is 16.0 Å². The molecule has 0 radical (unpaired) electrons. The SMILES string of the molecule is CC(C)N(Cc1cccs1)c1cc(Br)nc(C2CC2)n1. The standard InChI is InChI=1S/C15H18BrN3S/c1-10(2)19(9-12-4-3-7-20-12)14-8-13(16)17-15(18-14)11-5-6-11/h3-4,7-8,10-11H,5-6,9H2,1-2H3. The number of aromatic nitrogens is 2. The van der Waals surface area contributed by atoms with Gasteiger partial charge in [-0.1, -0.05) is 6.07 Å². The first-order valence-electron chi connectivity index (χ1n) is 6.97. The van der Waals surface area contributed by atoms with Crippen molar-refractivity contribution in [3.63, 3.8) is 0 Å². The number of hydrogen-bond acceptors (Lipinski definition) is 4. The molecule has 0 spiro atoms. The minimum atomic E-state index is 0.408. The summed E-state index contributed by atoms with van der Waals surface area (Å²) in [6, 6.07) is 6.72. The summed E-state index contributed by atoms with van der Waals surface area (Å²) in [6.07, 6.45) is 2.45. The van der Waals surface area contributed by atoms with E-state index >= 15 is 0 Å². The fraction of sp³-hybridized carbons (Fsp3) is 0.467. The maximum absolute atomic E-state index is 4.79. The lowest BCUT2D eigenvalue weighted by molar-refractivity contribution is 0.671. The fourth-order valence-corrected chi connectivity index (χ4v) is 3.28. The Morgan fingerprint density at radius 2 is 2.20 bits per heavy atom. The van der Waals surface area contributed by atoms with Crippen LogP contribution in [0.15, 0.2) is 28.2 Å². The lowest BCUT2D eigenvalue weighted by atomic mass is 10.3. The summed E-state index contributed by atoms with van der Waals surface area (Å²) in [6.45, 7) is 5.32. The highest BCUT2D eigenvalue weighted by molar-refractivity contribution is 9.10. The van der Waals surface area contributed by atoms with Gasteiger partial charge in [0.15, 0.2) is 0 Å². The van der Waals surface area contributed by atoms with Crippen molar-refractivity contribution in [3.8, 4) is 0 Å². The predicted molar refractivity (Wildman–Crippen MR) is 87.3 cm³/mol. The van der Waals surface area contributed by atoms with Crippen LogP contribution < -0.4 is 4.90 Å². The number of rotatable bonds is 5. The number of nitrogens with zero attached hydrogens (tertiary/aromatic N) is 3. The molecule has 0 atom stereocenters. The predicted octanol–water partition coefficient (Wildman–Crippen LogP) is 4.59. The second kappa shape index (κ2) is 5.82. The number of halogens is 1. The van der Waals surface area contributed by atoms with E-state index in [0.717, 1.165) is 22.8 Å². The van der Waals surface area contributed by atoms with Crippen LogP contribution in [0.3, 0.4) is 0 Å². The van der Waals surface area contributed by atoms with E-state index in [2.05, 4.69) is 57.2 Å². The summed E-state index contributed by atoms with van der Waals surface area (Å²) in [7, 11) is 0. The first-order valence-corrected chi connectivity index (χ1v) is 8.64. The third kappa shape index (κ3) is 3.20. The van der Waals surface area contributed by atoms with Crippen molar-refractivity contribution < 1.29 is 0 Å². The minimum Gasteiger partial charge on any atom is -0.349 e. The average molecular weight is 352 g/mol. The third-order valence-electron chi connectivity index (χ3n) is 3.47. The maximum atomic E-state index is 4.79. The third-order valence-corrected chi connectivity index (χ3v) is 4.73. The van der Waals surface area contributed by atoms with E-state index < -0.39 is 0 Å². The van der Waals surface area contributed by atoms with Gasteiger partial charge in [0.2, 0.25) is 0 Å². The Kier molecular flexibility index (Phi) is 4.08. The number of thiophene rings is 1. The van der Waals surface area contributed by atoms with Gasteiger partial charge < -0.3 is 4.90 Å². The van der Waals surface area contributed by atoms with E-state index in [1.165, 1.54) is 17.7 Å². The van der Waals surface area contributed by atoms with Crippen LogP contribution >= 0.6 is 27.3 Å². The molecule has 3 rings (SSSR count).